The Balaban J connectivity index is 1.89. The van der Waals surface area contributed by atoms with Crippen molar-refractivity contribution < 1.29 is 14.3 Å². The zero-order chi connectivity index (χ0) is 16.8. The Hall–Kier alpha value is -2.01. The molecule has 0 radical (unpaired) electrons. The molecule has 0 fully saturated rings. The first-order chi connectivity index (χ1) is 10.8. The molecular weight excluding hydrogens is 316 g/mol. The number of aldehydes is 1. The summed E-state index contributed by atoms with van der Waals surface area (Å²) < 4.78 is 7.28. The first-order valence-corrected chi connectivity index (χ1v) is 7.95. The lowest BCUT2D eigenvalue weighted by Crippen LogP contribution is -2.40. The molecule has 0 unspecified atom stereocenters. The van der Waals surface area contributed by atoms with E-state index in [2.05, 4.69) is 5.32 Å². The molecule has 2 heterocycles. The van der Waals surface area contributed by atoms with E-state index in [1.807, 2.05) is 28.8 Å². The predicted molar refractivity (Wildman–Crippen MR) is 89.1 cm³/mol. The number of amides is 1. The lowest BCUT2D eigenvalue weighted by atomic mass is 10.1. The van der Waals surface area contributed by atoms with Gasteiger partial charge in [-0.05, 0) is 26.8 Å². The maximum Gasteiger partial charge on any atom is 0.407 e. The van der Waals surface area contributed by atoms with Crippen molar-refractivity contribution in [2.24, 2.45) is 0 Å². The van der Waals surface area contributed by atoms with Crippen molar-refractivity contribution in [1.82, 2.24) is 9.88 Å². The molecule has 23 heavy (non-hydrogen) atoms. The van der Waals surface area contributed by atoms with E-state index >= 15 is 0 Å². The zero-order valence-corrected chi connectivity index (χ0v) is 14.1. The minimum atomic E-state index is -0.569. The van der Waals surface area contributed by atoms with Crippen LogP contribution < -0.4 is 5.32 Å². The number of hydrogen-bond donors (Lipinski definition) is 1. The van der Waals surface area contributed by atoms with E-state index in [1.54, 1.807) is 20.8 Å². The largest absolute Gasteiger partial charge is 0.444 e. The van der Waals surface area contributed by atoms with Gasteiger partial charge in [-0.3, -0.25) is 4.79 Å². The Bertz CT molecular complexity index is 776. The fraction of sp³-hybridized carbons (Fsp3) is 0.412. The third-order valence-corrected chi connectivity index (χ3v) is 4.38. The Labute approximate surface area is 139 Å². The molecule has 1 N–H and O–H groups in total. The lowest BCUT2D eigenvalue weighted by molar-refractivity contribution is 0.0503. The molecule has 3 rings (SSSR count). The number of alkyl halides is 1. The van der Waals surface area contributed by atoms with Gasteiger partial charge < -0.3 is 14.6 Å². The molecule has 1 aromatic carbocycles. The summed E-state index contributed by atoms with van der Waals surface area (Å²) in [5.41, 5.74) is 1.72. The molecule has 5 nitrogen and oxygen atoms in total. The van der Waals surface area contributed by atoms with Gasteiger partial charge in [0.25, 0.3) is 0 Å². The standard InChI is InChI=1S/C17H19ClN2O3/c1-17(2,3)23-16(22)19-12-8-20-13-7-5-4-6-10(13)11(9-21)15(20)14(12)18/h4-7,9,12,14H,8H2,1-3H3,(H,19,22)/t12-,14+/m0/s1. The van der Waals surface area contributed by atoms with Crippen molar-refractivity contribution >= 4 is 34.9 Å². The molecule has 6 heteroatoms. The van der Waals surface area contributed by atoms with Crippen molar-refractivity contribution in [3.8, 4) is 0 Å². The number of rotatable bonds is 2. The zero-order valence-electron chi connectivity index (χ0n) is 13.3. The van der Waals surface area contributed by atoms with Crippen LogP contribution in [0.25, 0.3) is 10.9 Å². The number of benzene rings is 1. The van der Waals surface area contributed by atoms with E-state index in [9.17, 15) is 9.59 Å². The van der Waals surface area contributed by atoms with E-state index < -0.39 is 17.1 Å². The fourth-order valence-electron chi connectivity index (χ4n) is 3.03. The van der Waals surface area contributed by atoms with Crippen LogP contribution in [0.4, 0.5) is 4.79 Å². The second-order valence-electron chi connectivity index (χ2n) is 6.70. The van der Waals surface area contributed by atoms with Gasteiger partial charge in [-0.15, -0.1) is 11.6 Å². The molecular formula is C17H19ClN2O3. The normalized spacial score (nSPS) is 20.3. The minimum absolute atomic E-state index is 0.315. The second kappa shape index (κ2) is 5.57. The molecule has 0 aliphatic carbocycles. The quantitative estimate of drug-likeness (QED) is 0.673. The molecule has 0 bridgehead atoms. The third kappa shape index (κ3) is 2.81. The van der Waals surface area contributed by atoms with Crippen LogP contribution in [-0.2, 0) is 11.3 Å². The average Bonchev–Trinajstić information content (AvgIpc) is 2.93. The predicted octanol–water partition coefficient (Wildman–Crippen LogP) is 3.64. The number of hydrogen-bond acceptors (Lipinski definition) is 3. The van der Waals surface area contributed by atoms with Crippen LogP contribution >= 0.6 is 11.6 Å². The van der Waals surface area contributed by atoms with Gasteiger partial charge in [0.15, 0.2) is 6.29 Å². The highest BCUT2D eigenvalue weighted by Crippen LogP contribution is 2.40. The molecule has 0 saturated heterocycles. The summed E-state index contributed by atoms with van der Waals surface area (Å²) in [6.45, 7) is 5.93. The van der Waals surface area contributed by atoms with Crippen molar-refractivity contribution in [3.63, 3.8) is 0 Å². The van der Waals surface area contributed by atoms with E-state index in [1.165, 1.54) is 0 Å². The Morgan fingerprint density at radius 2 is 2.09 bits per heavy atom. The first-order valence-electron chi connectivity index (χ1n) is 7.51. The minimum Gasteiger partial charge on any atom is -0.444 e. The summed E-state index contributed by atoms with van der Waals surface area (Å²) >= 11 is 6.53. The van der Waals surface area contributed by atoms with E-state index in [0.717, 1.165) is 22.9 Å². The maximum absolute atomic E-state index is 12.0. The Morgan fingerprint density at radius 3 is 2.74 bits per heavy atom. The van der Waals surface area contributed by atoms with Crippen molar-refractivity contribution in [2.75, 3.05) is 0 Å². The summed E-state index contributed by atoms with van der Waals surface area (Å²) in [5.74, 6) is 0. The van der Waals surface area contributed by atoms with Gasteiger partial charge in [0.05, 0.1) is 11.4 Å². The molecule has 0 saturated carbocycles. The molecule has 2 atom stereocenters. The monoisotopic (exact) mass is 334 g/mol. The molecule has 0 spiro atoms. The first kappa shape index (κ1) is 15.9. The molecule has 1 aliphatic heterocycles. The van der Waals surface area contributed by atoms with Crippen LogP contribution in [0.15, 0.2) is 24.3 Å². The van der Waals surface area contributed by atoms with Crippen LogP contribution in [0.1, 0.15) is 42.2 Å². The SMILES string of the molecule is CC(C)(C)OC(=O)N[C@H]1Cn2c(c(C=O)c3ccccc32)[C@@H]1Cl. The second-order valence-corrected chi connectivity index (χ2v) is 7.17. The summed E-state index contributed by atoms with van der Waals surface area (Å²) in [6.07, 6.45) is 0.329. The molecule has 1 aromatic heterocycles. The van der Waals surface area contributed by atoms with Gasteiger partial charge in [-0.25, -0.2) is 4.79 Å². The highest BCUT2D eigenvalue weighted by molar-refractivity contribution is 6.22. The van der Waals surface area contributed by atoms with Crippen LogP contribution in [0.2, 0.25) is 0 Å². The summed E-state index contributed by atoms with van der Waals surface area (Å²) in [5, 5.41) is 3.22. The van der Waals surface area contributed by atoms with Gasteiger partial charge in [0.2, 0.25) is 0 Å². The smallest absolute Gasteiger partial charge is 0.407 e. The maximum atomic E-state index is 12.0. The highest BCUT2D eigenvalue weighted by Gasteiger charge is 2.37. The van der Waals surface area contributed by atoms with E-state index in [0.29, 0.717) is 12.1 Å². The number of halogens is 1. The number of ether oxygens (including phenoxy) is 1. The number of nitrogens with one attached hydrogen (secondary N) is 1. The van der Waals surface area contributed by atoms with Gasteiger partial charge in [0.1, 0.15) is 5.60 Å². The Morgan fingerprint density at radius 1 is 1.39 bits per heavy atom. The van der Waals surface area contributed by atoms with Crippen molar-refractivity contribution in [2.45, 2.75) is 44.3 Å². The lowest BCUT2D eigenvalue weighted by Gasteiger charge is -2.22. The van der Waals surface area contributed by atoms with E-state index in [-0.39, 0.29) is 6.04 Å². The van der Waals surface area contributed by atoms with Gasteiger partial charge in [-0.1, -0.05) is 18.2 Å². The summed E-state index contributed by atoms with van der Waals surface area (Å²) in [4.78, 5) is 23.5. The summed E-state index contributed by atoms with van der Waals surface area (Å²) in [6, 6.07) is 7.35. The fourth-order valence-corrected chi connectivity index (χ4v) is 3.40. The third-order valence-electron chi connectivity index (χ3n) is 3.87. The number of alkyl carbamates (subject to hydrolysis) is 1. The molecule has 1 aliphatic rings. The highest BCUT2D eigenvalue weighted by atomic mass is 35.5. The topological polar surface area (TPSA) is 60.3 Å². The molecule has 2 aromatic rings. The van der Waals surface area contributed by atoms with Crippen molar-refractivity contribution in [3.05, 3.63) is 35.5 Å². The number of para-hydroxylation sites is 1. The number of fused-ring (bicyclic) bond motifs is 3. The van der Waals surface area contributed by atoms with Crippen LogP contribution in [-0.4, -0.2) is 28.6 Å². The number of carbonyl (C=O) groups is 2. The van der Waals surface area contributed by atoms with Crippen molar-refractivity contribution in [1.29, 1.82) is 0 Å². The number of nitrogens with zero attached hydrogens (tertiary/aromatic N) is 1. The van der Waals surface area contributed by atoms with Crippen LogP contribution in [0, 0.1) is 0 Å². The summed E-state index contributed by atoms with van der Waals surface area (Å²) in [7, 11) is 0. The average molecular weight is 335 g/mol. The van der Waals surface area contributed by atoms with E-state index in [4.69, 9.17) is 16.3 Å². The van der Waals surface area contributed by atoms with Crippen LogP contribution in [0.5, 0.6) is 0 Å². The molecule has 1 amide bonds. The van der Waals surface area contributed by atoms with Gasteiger partial charge in [-0.2, -0.15) is 0 Å². The number of carbonyl (C=O) groups excluding carboxylic acids is 2. The van der Waals surface area contributed by atoms with Crippen LogP contribution in [0.3, 0.4) is 0 Å². The number of aromatic nitrogens is 1. The van der Waals surface area contributed by atoms with Gasteiger partial charge in [0, 0.05) is 28.7 Å². The van der Waals surface area contributed by atoms with Gasteiger partial charge >= 0.3 is 6.09 Å². The Kier molecular flexibility index (Phi) is 3.84. The molecule has 122 valence electrons.